The van der Waals surface area contributed by atoms with Crippen molar-refractivity contribution in [2.24, 2.45) is 12.1 Å². The summed E-state index contributed by atoms with van der Waals surface area (Å²) in [5.41, 5.74) is 5.17. The molecule has 5 nitrogen and oxygen atoms in total. The second-order valence-electron chi connectivity index (χ2n) is 4.86. The van der Waals surface area contributed by atoms with Gasteiger partial charge in [-0.05, 0) is 23.1 Å². The van der Waals surface area contributed by atoms with E-state index in [1.165, 1.54) is 10.2 Å². The van der Waals surface area contributed by atoms with Crippen LogP contribution in [0.25, 0.3) is 0 Å². The summed E-state index contributed by atoms with van der Waals surface area (Å²) in [7, 11) is 1.71. The SMILES string of the molecule is CC(C)c1ccc(/C=N\NC(=O)c2ccnn2C)cc1. The molecule has 1 aromatic heterocycles. The molecule has 20 heavy (non-hydrogen) atoms. The second-order valence-corrected chi connectivity index (χ2v) is 4.86. The number of aromatic nitrogens is 2. The van der Waals surface area contributed by atoms with Crippen LogP contribution in [-0.4, -0.2) is 21.9 Å². The molecule has 0 saturated carbocycles. The largest absolute Gasteiger partial charge is 0.289 e. The zero-order valence-electron chi connectivity index (χ0n) is 11.9. The first-order chi connectivity index (χ1) is 9.58. The van der Waals surface area contributed by atoms with E-state index in [1.807, 2.05) is 12.1 Å². The molecule has 1 aromatic carbocycles. The molecule has 0 radical (unpaired) electrons. The van der Waals surface area contributed by atoms with Gasteiger partial charge < -0.3 is 0 Å². The first kappa shape index (κ1) is 14.0. The van der Waals surface area contributed by atoms with Gasteiger partial charge in [-0.2, -0.15) is 10.2 Å². The molecular weight excluding hydrogens is 252 g/mol. The van der Waals surface area contributed by atoms with Gasteiger partial charge in [0.15, 0.2) is 0 Å². The van der Waals surface area contributed by atoms with Gasteiger partial charge in [-0.25, -0.2) is 5.43 Å². The Hall–Kier alpha value is -2.43. The number of rotatable bonds is 4. The molecule has 0 atom stereocenters. The van der Waals surface area contributed by atoms with Gasteiger partial charge in [-0.1, -0.05) is 38.1 Å². The lowest BCUT2D eigenvalue weighted by molar-refractivity contribution is 0.0945. The fraction of sp³-hybridized carbons (Fsp3) is 0.267. The number of aryl methyl sites for hydroxylation is 1. The summed E-state index contributed by atoms with van der Waals surface area (Å²) in [4.78, 5) is 11.8. The van der Waals surface area contributed by atoms with Crippen LogP contribution in [0.15, 0.2) is 41.6 Å². The molecule has 5 heteroatoms. The Morgan fingerprint density at radius 1 is 1.30 bits per heavy atom. The number of hydrazone groups is 1. The third-order valence-electron chi connectivity index (χ3n) is 3.04. The maximum absolute atomic E-state index is 11.8. The number of nitrogens with zero attached hydrogens (tertiary/aromatic N) is 3. The number of hydrogen-bond donors (Lipinski definition) is 1. The fourth-order valence-corrected chi connectivity index (χ4v) is 1.79. The van der Waals surface area contributed by atoms with E-state index < -0.39 is 0 Å². The number of carbonyl (C=O) groups is 1. The Morgan fingerprint density at radius 3 is 2.55 bits per heavy atom. The van der Waals surface area contributed by atoms with Crippen LogP contribution in [0, 0.1) is 0 Å². The summed E-state index contributed by atoms with van der Waals surface area (Å²) in [5, 5.41) is 7.88. The fourth-order valence-electron chi connectivity index (χ4n) is 1.79. The number of nitrogens with one attached hydrogen (secondary N) is 1. The van der Waals surface area contributed by atoms with Crippen LogP contribution < -0.4 is 5.43 Å². The average Bonchev–Trinajstić information content (AvgIpc) is 2.85. The van der Waals surface area contributed by atoms with E-state index in [0.717, 1.165) is 5.56 Å². The first-order valence-electron chi connectivity index (χ1n) is 6.49. The van der Waals surface area contributed by atoms with Crippen molar-refractivity contribution in [1.82, 2.24) is 15.2 Å². The lowest BCUT2D eigenvalue weighted by Crippen LogP contribution is -2.20. The maximum atomic E-state index is 11.8. The smallest absolute Gasteiger partial charge is 0.266 e. The molecule has 0 aliphatic rings. The van der Waals surface area contributed by atoms with Crippen molar-refractivity contribution < 1.29 is 4.79 Å². The van der Waals surface area contributed by atoms with Crippen molar-refractivity contribution in [3.05, 3.63) is 53.3 Å². The summed E-state index contributed by atoms with van der Waals surface area (Å²) in [6.45, 7) is 4.30. The molecule has 1 heterocycles. The zero-order valence-corrected chi connectivity index (χ0v) is 11.9. The maximum Gasteiger partial charge on any atom is 0.289 e. The van der Waals surface area contributed by atoms with E-state index in [-0.39, 0.29) is 5.91 Å². The van der Waals surface area contributed by atoms with Crippen LogP contribution >= 0.6 is 0 Å². The van der Waals surface area contributed by atoms with Crippen molar-refractivity contribution in [3.8, 4) is 0 Å². The van der Waals surface area contributed by atoms with E-state index in [1.54, 1.807) is 25.5 Å². The predicted octanol–water partition coefficient (Wildman–Crippen LogP) is 2.31. The average molecular weight is 270 g/mol. The molecular formula is C15H18N4O. The summed E-state index contributed by atoms with van der Waals surface area (Å²) in [6.07, 6.45) is 3.20. The highest BCUT2D eigenvalue weighted by Gasteiger charge is 2.07. The van der Waals surface area contributed by atoms with Gasteiger partial charge in [-0.3, -0.25) is 9.48 Å². The van der Waals surface area contributed by atoms with E-state index in [0.29, 0.717) is 11.6 Å². The Morgan fingerprint density at radius 2 is 2.00 bits per heavy atom. The van der Waals surface area contributed by atoms with Crippen LogP contribution in [0.3, 0.4) is 0 Å². The second kappa shape index (κ2) is 6.14. The minimum atomic E-state index is -0.278. The number of amides is 1. The summed E-state index contributed by atoms with van der Waals surface area (Å²) < 4.78 is 1.50. The van der Waals surface area contributed by atoms with E-state index in [2.05, 4.69) is 41.6 Å². The number of hydrogen-bond acceptors (Lipinski definition) is 3. The van der Waals surface area contributed by atoms with Gasteiger partial charge in [0, 0.05) is 13.2 Å². The van der Waals surface area contributed by atoms with Gasteiger partial charge in [0.1, 0.15) is 5.69 Å². The molecule has 0 fully saturated rings. The van der Waals surface area contributed by atoms with Gasteiger partial charge in [0.2, 0.25) is 0 Å². The van der Waals surface area contributed by atoms with Crippen molar-refractivity contribution in [2.45, 2.75) is 19.8 Å². The molecule has 2 aromatic rings. The highest BCUT2D eigenvalue weighted by atomic mass is 16.2. The predicted molar refractivity (Wildman–Crippen MR) is 78.8 cm³/mol. The van der Waals surface area contributed by atoms with E-state index >= 15 is 0 Å². The molecule has 2 rings (SSSR count). The summed E-state index contributed by atoms with van der Waals surface area (Å²) >= 11 is 0. The van der Waals surface area contributed by atoms with Gasteiger partial charge in [0.05, 0.1) is 6.21 Å². The van der Waals surface area contributed by atoms with Crippen LogP contribution in [0.2, 0.25) is 0 Å². The Kier molecular flexibility index (Phi) is 4.30. The van der Waals surface area contributed by atoms with Gasteiger partial charge in [-0.15, -0.1) is 0 Å². The molecule has 1 amide bonds. The molecule has 0 spiro atoms. The highest BCUT2D eigenvalue weighted by Crippen LogP contribution is 2.13. The minimum Gasteiger partial charge on any atom is -0.266 e. The van der Waals surface area contributed by atoms with Crippen molar-refractivity contribution >= 4 is 12.1 Å². The number of carbonyl (C=O) groups excluding carboxylic acids is 1. The minimum absolute atomic E-state index is 0.278. The normalized spacial score (nSPS) is 11.2. The standard InChI is InChI=1S/C15H18N4O/c1-11(2)13-6-4-12(5-7-13)10-16-18-15(20)14-8-9-17-19(14)3/h4-11H,1-3H3,(H,18,20)/b16-10-. The Labute approximate surface area is 118 Å². The van der Waals surface area contributed by atoms with Crippen molar-refractivity contribution in [2.75, 3.05) is 0 Å². The third-order valence-corrected chi connectivity index (χ3v) is 3.04. The van der Waals surface area contributed by atoms with Crippen LogP contribution in [-0.2, 0) is 7.05 Å². The van der Waals surface area contributed by atoms with Crippen LogP contribution in [0.1, 0.15) is 41.4 Å². The molecule has 0 unspecified atom stereocenters. The highest BCUT2D eigenvalue weighted by molar-refractivity contribution is 5.93. The van der Waals surface area contributed by atoms with Gasteiger partial charge in [0.25, 0.3) is 5.91 Å². The first-order valence-corrected chi connectivity index (χ1v) is 6.49. The summed E-state index contributed by atoms with van der Waals surface area (Å²) in [5.74, 6) is 0.227. The molecule has 104 valence electrons. The zero-order chi connectivity index (χ0) is 14.5. The summed E-state index contributed by atoms with van der Waals surface area (Å²) in [6, 6.07) is 9.73. The Bertz CT molecular complexity index is 611. The van der Waals surface area contributed by atoms with E-state index in [9.17, 15) is 4.79 Å². The quantitative estimate of drug-likeness (QED) is 0.684. The molecule has 1 N–H and O–H groups in total. The molecule has 0 aliphatic carbocycles. The topological polar surface area (TPSA) is 59.3 Å². The molecule has 0 saturated heterocycles. The molecule has 0 aliphatic heterocycles. The van der Waals surface area contributed by atoms with Crippen LogP contribution in [0.4, 0.5) is 0 Å². The van der Waals surface area contributed by atoms with Crippen LogP contribution in [0.5, 0.6) is 0 Å². The van der Waals surface area contributed by atoms with E-state index in [4.69, 9.17) is 0 Å². The monoisotopic (exact) mass is 270 g/mol. The lowest BCUT2D eigenvalue weighted by Gasteiger charge is -2.04. The number of benzene rings is 1. The molecule has 0 bridgehead atoms. The third kappa shape index (κ3) is 3.32. The van der Waals surface area contributed by atoms with Gasteiger partial charge >= 0.3 is 0 Å². The van der Waals surface area contributed by atoms with Crippen molar-refractivity contribution in [3.63, 3.8) is 0 Å². The Balaban J connectivity index is 1.96. The lowest BCUT2D eigenvalue weighted by atomic mass is 10.0. The van der Waals surface area contributed by atoms with Crippen molar-refractivity contribution in [1.29, 1.82) is 0 Å².